The molecule has 0 amide bonds. The van der Waals surface area contributed by atoms with Crippen LogP contribution >= 0.6 is 0 Å². The Bertz CT molecular complexity index is 1080. The van der Waals surface area contributed by atoms with Crippen LogP contribution in [0.5, 0.6) is 0 Å². The van der Waals surface area contributed by atoms with E-state index in [-0.39, 0.29) is 45.1 Å². The third kappa shape index (κ3) is 5.05. The molecular formula is C38H62O5. The standard InChI is InChI=1S/C38H62O5/c1-9-42-31(40)13-11-10-12-24-43-33(41)38-21-16-26(25(2)3)32(38)27-14-15-29-35(6)19-18-30(39)34(4,5)28(35)17-20-37(29,8)36(27,7)22-23-38/h26-30,32,39H,2,9-24H2,1,3-8H3/t26-,27+,28-,29+,30-,32+,35-,36+,37+,38-/m0/s1. The Morgan fingerprint density at radius 2 is 1.56 bits per heavy atom. The van der Waals surface area contributed by atoms with E-state index in [1.807, 2.05) is 6.92 Å². The minimum atomic E-state index is -0.389. The highest BCUT2D eigenvalue weighted by Gasteiger charge is 2.72. The average molecular weight is 599 g/mol. The second-order valence-electron chi connectivity index (χ2n) is 17.0. The van der Waals surface area contributed by atoms with Crippen LogP contribution in [0.4, 0.5) is 0 Å². The number of unbranched alkanes of at least 4 members (excludes halogenated alkanes) is 2. The molecule has 5 fully saturated rings. The first kappa shape index (κ1) is 33.0. The monoisotopic (exact) mass is 598 g/mol. The van der Waals surface area contributed by atoms with Crippen molar-refractivity contribution in [2.75, 3.05) is 13.2 Å². The van der Waals surface area contributed by atoms with Crippen LogP contribution in [0, 0.1) is 56.7 Å². The smallest absolute Gasteiger partial charge is 0.312 e. The molecule has 0 radical (unpaired) electrons. The van der Waals surface area contributed by atoms with E-state index in [0.717, 1.165) is 57.8 Å². The van der Waals surface area contributed by atoms with Crippen molar-refractivity contribution in [3.63, 3.8) is 0 Å². The first-order valence-electron chi connectivity index (χ1n) is 17.9. The summed E-state index contributed by atoms with van der Waals surface area (Å²) in [5, 5.41) is 11.0. The highest BCUT2D eigenvalue weighted by atomic mass is 16.5. The van der Waals surface area contributed by atoms with E-state index >= 15 is 0 Å². The minimum absolute atomic E-state index is 0.0348. The predicted molar refractivity (Wildman–Crippen MR) is 171 cm³/mol. The summed E-state index contributed by atoms with van der Waals surface area (Å²) in [5.41, 5.74) is 1.50. The first-order valence-corrected chi connectivity index (χ1v) is 17.9. The van der Waals surface area contributed by atoms with Gasteiger partial charge < -0.3 is 14.6 Å². The number of aliphatic hydroxyl groups excluding tert-OH is 1. The van der Waals surface area contributed by atoms with Crippen LogP contribution in [-0.4, -0.2) is 36.4 Å². The topological polar surface area (TPSA) is 72.8 Å². The molecule has 0 aromatic heterocycles. The molecule has 5 aliphatic rings. The fraction of sp³-hybridized carbons (Fsp3) is 0.895. The number of esters is 2. The van der Waals surface area contributed by atoms with E-state index in [1.165, 1.54) is 31.3 Å². The lowest BCUT2D eigenvalue weighted by Gasteiger charge is -2.72. The van der Waals surface area contributed by atoms with Crippen molar-refractivity contribution in [2.45, 2.75) is 144 Å². The number of hydrogen-bond donors (Lipinski definition) is 1. The predicted octanol–water partition coefficient (Wildman–Crippen LogP) is 8.67. The summed E-state index contributed by atoms with van der Waals surface area (Å²) in [4.78, 5) is 25.8. The summed E-state index contributed by atoms with van der Waals surface area (Å²) in [5.74, 6) is 2.33. The molecule has 0 bridgehead atoms. The van der Waals surface area contributed by atoms with E-state index in [4.69, 9.17) is 9.47 Å². The lowest BCUT2D eigenvalue weighted by atomic mass is 9.32. The van der Waals surface area contributed by atoms with Crippen LogP contribution in [0.15, 0.2) is 12.2 Å². The molecule has 1 N–H and O–H groups in total. The zero-order valence-electron chi connectivity index (χ0n) is 28.6. The normalized spacial score (nSPS) is 44.7. The summed E-state index contributed by atoms with van der Waals surface area (Å²) in [6.07, 6.45) is 13.6. The van der Waals surface area contributed by atoms with Crippen molar-refractivity contribution in [1.29, 1.82) is 0 Å². The fourth-order valence-electron chi connectivity index (χ4n) is 12.6. The molecule has 0 saturated heterocycles. The van der Waals surface area contributed by atoms with Gasteiger partial charge in [-0.25, -0.2) is 0 Å². The molecule has 5 saturated carbocycles. The molecule has 0 aromatic rings. The molecule has 5 nitrogen and oxygen atoms in total. The second-order valence-corrected chi connectivity index (χ2v) is 17.0. The van der Waals surface area contributed by atoms with Gasteiger partial charge >= 0.3 is 11.9 Å². The van der Waals surface area contributed by atoms with Gasteiger partial charge in [0.05, 0.1) is 24.7 Å². The third-order valence-corrected chi connectivity index (χ3v) is 15.0. The Morgan fingerprint density at radius 3 is 2.26 bits per heavy atom. The van der Waals surface area contributed by atoms with E-state index in [2.05, 4.69) is 48.1 Å². The van der Waals surface area contributed by atoms with Crippen LogP contribution in [0.25, 0.3) is 0 Å². The van der Waals surface area contributed by atoms with Crippen molar-refractivity contribution in [3.8, 4) is 0 Å². The Hall–Kier alpha value is -1.36. The maximum absolute atomic E-state index is 14.1. The number of carbonyl (C=O) groups excluding carboxylic acids is 2. The Morgan fingerprint density at radius 1 is 0.814 bits per heavy atom. The van der Waals surface area contributed by atoms with Gasteiger partial charge in [0.25, 0.3) is 0 Å². The average Bonchev–Trinajstić information content (AvgIpc) is 3.35. The Balaban J connectivity index is 1.35. The molecule has 0 heterocycles. The molecule has 10 atom stereocenters. The van der Waals surface area contributed by atoms with Crippen molar-refractivity contribution < 1.29 is 24.2 Å². The summed E-state index contributed by atoms with van der Waals surface area (Å²) in [7, 11) is 0. The zero-order chi connectivity index (χ0) is 31.4. The van der Waals surface area contributed by atoms with Crippen LogP contribution in [-0.2, 0) is 19.1 Å². The largest absolute Gasteiger partial charge is 0.466 e. The van der Waals surface area contributed by atoms with E-state index in [9.17, 15) is 14.7 Å². The van der Waals surface area contributed by atoms with Crippen LogP contribution < -0.4 is 0 Å². The van der Waals surface area contributed by atoms with Gasteiger partial charge in [0.1, 0.15) is 0 Å². The lowest BCUT2D eigenvalue weighted by molar-refractivity contribution is -0.248. The number of allylic oxidation sites excluding steroid dienone is 1. The van der Waals surface area contributed by atoms with Gasteiger partial charge in [0.15, 0.2) is 0 Å². The quantitative estimate of drug-likeness (QED) is 0.163. The Labute approximate surface area is 262 Å². The number of carbonyl (C=O) groups is 2. The van der Waals surface area contributed by atoms with Crippen molar-refractivity contribution in [3.05, 3.63) is 12.2 Å². The van der Waals surface area contributed by atoms with E-state index < -0.39 is 0 Å². The molecular weight excluding hydrogens is 536 g/mol. The van der Waals surface area contributed by atoms with Crippen LogP contribution in [0.3, 0.4) is 0 Å². The Kier molecular flexibility index (Phi) is 9.04. The molecule has 0 aliphatic heterocycles. The molecule has 43 heavy (non-hydrogen) atoms. The number of ether oxygens (including phenoxy) is 2. The van der Waals surface area contributed by atoms with Gasteiger partial charge in [-0.3, -0.25) is 9.59 Å². The number of rotatable bonds is 9. The van der Waals surface area contributed by atoms with Crippen molar-refractivity contribution in [1.82, 2.24) is 0 Å². The van der Waals surface area contributed by atoms with Gasteiger partial charge in [0, 0.05) is 6.42 Å². The maximum atomic E-state index is 14.1. The summed E-state index contributed by atoms with van der Waals surface area (Å²) in [6.45, 7) is 21.8. The highest BCUT2D eigenvalue weighted by molar-refractivity contribution is 5.78. The summed E-state index contributed by atoms with van der Waals surface area (Å²) >= 11 is 0. The number of hydrogen-bond acceptors (Lipinski definition) is 5. The van der Waals surface area contributed by atoms with Crippen LogP contribution in [0.1, 0.15) is 138 Å². The molecule has 5 rings (SSSR count). The highest BCUT2D eigenvalue weighted by Crippen LogP contribution is 2.77. The molecule has 0 spiro atoms. The van der Waals surface area contributed by atoms with Gasteiger partial charge in [-0.1, -0.05) is 46.8 Å². The molecule has 5 aliphatic carbocycles. The third-order valence-electron chi connectivity index (χ3n) is 15.0. The van der Waals surface area contributed by atoms with Gasteiger partial charge in [-0.2, -0.15) is 0 Å². The number of aliphatic hydroxyl groups is 1. The van der Waals surface area contributed by atoms with Gasteiger partial charge in [0.2, 0.25) is 0 Å². The maximum Gasteiger partial charge on any atom is 0.312 e. The van der Waals surface area contributed by atoms with Gasteiger partial charge in [-0.15, -0.1) is 0 Å². The fourth-order valence-corrected chi connectivity index (χ4v) is 12.6. The lowest BCUT2D eigenvalue weighted by Crippen LogP contribution is -2.67. The molecule has 0 unspecified atom stereocenters. The molecule has 0 aromatic carbocycles. The second kappa shape index (κ2) is 11.8. The number of fused-ring (bicyclic) bond motifs is 7. The molecule has 244 valence electrons. The SMILES string of the molecule is C=C(C)[C@@H]1CC[C@]2(C(=O)OCCCCCC(=O)OCC)CC[C@]3(C)[C@H](CC[C@@H]4[C@@]5(C)CC[C@H](O)C(C)(C)[C@@H]5CC[C@]43C)[C@@H]12. The minimum Gasteiger partial charge on any atom is -0.466 e. The van der Waals surface area contributed by atoms with Crippen molar-refractivity contribution >= 4 is 11.9 Å². The zero-order valence-corrected chi connectivity index (χ0v) is 28.6. The van der Waals surface area contributed by atoms with E-state index in [0.29, 0.717) is 49.2 Å². The van der Waals surface area contributed by atoms with Gasteiger partial charge in [-0.05, 0) is 149 Å². The molecule has 5 heteroatoms. The first-order chi connectivity index (χ1) is 20.2. The van der Waals surface area contributed by atoms with Crippen LogP contribution in [0.2, 0.25) is 0 Å². The van der Waals surface area contributed by atoms with E-state index in [1.54, 1.807) is 0 Å². The summed E-state index contributed by atoms with van der Waals surface area (Å²) < 4.78 is 11.2. The van der Waals surface area contributed by atoms with Crippen molar-refractivity contribution in [2.24, 2.45) is 56.7 Å². The summed E-state index contributed by atoms with van der Waals surface area (Å²) in [6, 6.07) is 0.